The Morgan fingerprint density at radius 1 is 1.35 bits per heavy atom. The fraction of sp³-hybridized carbons (Fsp3) is 0.769. The molecule has 0 amide bonds. The van der Waals surface area contributed by atoms with Crippen LogP contribution in [0.25, 0.3) is 0 Å². The maximum atomic E-state index is 4.28. The standard InChI is InChI=1S/C13H24N4/c1-11-12(10-15-17(11)3)9-14-13-5-4-7-16(2)8-6-13/h10,13-14H,4-9H2,1-3H3. The highest BCUT2D eigenvalue weighted by molar-refractivity contribution is 5.15. The van der Waals surface area contributed by atoms with E-state index < -0.39 is 0 Å². The predicted molar refractivity (Wildman–Crippen MR) is 69.9 cm³/mol. The second-order valence-electron chi connectivity index (χ2n) is 5.19. The number of nitrogens with zero attached hydrogens (tertiary/aromatic N) is 3. The molecule has 0 saturated carbocycles. The Morgan fingerprint density at radius 3 is 2.88 bits per heavy atom. The maximum Gasteiger partial charge on any atom is 0.0537 e. The lowest BCUT2D eigenvalue weighted by Gasteiger charge is -2.16. The first-order valence-corrected chi connectivity index (χ1v) is 6.56. The van der Waals surface area contributed by atoms with Crippen molar-refractivity contribution < 1.29 is 0 Å². The lowest BCUT2D eigenvalue weighted by Crippen LogP contribution is -2.29. The molecule has 2 heterocycles. The molecule has 2 rings (SSSR count). The number of hydrogen-bond donors (Lipinski definition) is 1. The van der Waals surface area contributed by atoms with Crippen molar-refractivity contribution in [3.05, 3.63) is 17.5 Å². The third kappa shape index (κ3) is 3.30. The van der Waals surface area contributed by atoms with Crippen LogP contribution in [-0.4, -0.2) is 40.9 Å². The molecule has 1 aromatic heterocycles. The van der Waals surface area contributed by atoms with Crippen molar-refractivity contribution >= 4 is 0 Å². The van der Waals surface area contributed by atoms with Gasteiger partial charge in [-0.05, 0) is 46.3 Å². The van der Waals surface area contributed by atoms with Gasteiger partial charge < -0.3 is 10.2 Å². The lowest BCUT2D eigenvalue weighted by atomic mass is 10.1. The molecule has 1 N–H and O–H groups in total. The van der Waals surface area contributed by atoms with E-state index in [9.17, 15) is 0 Å². The lowest BCUT2D eigenvalue weighted by molar-refractivity contribution is 0.343. The van der Waals surface area contributed by atoms with Gasteiger partial charge in [-0.1, -0.05) is 0 Å². The van der Waals surface area contributed by atoms with Crippen LogP contribution in [0, 0.1) is 6.92 Å². The molecule has 4 heteroatoms. The molecule has 0 spiro atoms. The summed E-state index contributed by atoms with van der Waals surface area (Å²) >= 11 is 0. The van der Waals surface area contributed by atoms with E-state index >= 15 is 0 Å². The number of aromatic nitrogens is 2. The molecule has 1 atom stereocenters. The third-order valence-corrected chi connectivity index (χ3v) is 3.87. The van der Waals surface area contributed by atoms with Crippen molar-refractivity contribution in [3.63, 3.8) is 0 Å². The number of likely N-dealkylation sites (tertiary alicyclic amines) is 1. The SMILES string of the molecule is Cc1c(CNC2CCCN(C)CC2)cnn1C. The van der Waals surface area contributed by atoms with E-state index in [0.717, 1.165) is 6.54 Å². The normalized spacial score (nSPS) is 22.6. The van der Waals surface area contributed by atoms with Gasteiger partial charge in [-0.2, -0.15) is 5.10 Å². The summed E-state index contributed by atoms with van der Waals surface area (Å²) in [4.78, 5) is 2.43. The van der Waals surface area contributed by atoms with Gasteiger partial charge in [0.25, 0.3) is 0 Å². The van der Waals surface area contributed by atoms with Crippen molar-refractivity contribution in [2.45, 2.75) is 38.8 Å². The fourth-order valence-electron chi connectivity index (χ4n) is 2.42. The molecule has 0 aliphatic carbocycles. The highest BCUT2D eigenvalue weighted by Gasteiger charge is 2.14. The van der Waals surface area contributed by atoms with E-state index in [0.29, 0.717) is 6.04 Å². The van der Waals surface area contributed by atoms with Crippen LogP contribution in [0.2, 0.25) is 0 Å². The highest BCUT2D eigenvalue weighted by atomic mass is 15.3. The number of nitrogens with one attached hydrogen (secondary N) is 1. The predicted octanol–water partition coefficient (Wildman–Crippen LogP) is 1.30. The fourth-order valence-corrected chi connectivity index (χ4v) is 2.42. The Balaban J connectivity index is 1.83. The summed E-state index contributed by atoms with van der Waals surface area (Å²) in [6.45, 7) is 5.53. The highest BCUT2D eigenvalue weighted by Crippen LogP contribution is 2.11. The zero-order valence-electron chi connectivity index (χ0n) is 11.2. The van der Waals surface area contributed by atoms with Gasteiger partial charge in [0.2, 0.25) is 0 Å². The zero-order chi connectivity index (χ0) is 12.3. The summed E-state index contributed by atoms with van der Waals surface area (Å²) in [6.07, 6.45) is 5.84. The van der Waals surface area contributed by atoms with Gasteiger partial charge in [-0.15, -0.1) is 0 Å². The van der Waals surface area contributed by atoms with Gasteiger partial charge in [-0.3, -0.25) is 4.68 Å². The summed E-state index contributed by atoms with van der Waals surface area (Å²) in [5.74, 6) is 0. The molecule has 17 heavy (non-hydrogen) atoms. The smallest absolute Gasteiger partial charge is 0.0537 e. The molecule has 0 aromatic carbocycles. The minimum atomic E-state index is 0.666. The third-order valence-electron chi connectivity index (χ3n) is 3.87. The first-order valence-electron chi connectivity index (χ1n) is 6.56. The van der Waals surface area contributed by atoms with E-state index in [1.807, 2.05) is 17.9 Å². The van der Waals surface area contributed by atoms with E-state index in [1.54, 1.807) is 0 Å². The van der Waals surface area contributed by atoms with Gasteiger partial charge in [0, 0.05) is 30.9 Å². The monoisotopic (exact) mass is 236 g/mol. The van der Waals surface area contributed by atoms with Gasteiger partial charge in [0.05, 0.1) is 6.20 Å². The molecule has 96 valence electrons. The number of aryl methyl sites for hydroxylation is 1. The largest absolute Gasteiger partial charge is 0.310 e. The average molecular weight is 236 g/mol. The Bertz CT molecular complexity index is 358. The average Bonchev–Trinajstić information content (AvgIpc) is 2.53. The summed E-state index contributed by atoms with van der Waals surface area (Å²) in [7, 11) is 4.22. The quantitative estimate of drug-likeness (QED) is 0.859. The van der Waals surface area contributed by atoms with Crippen LogP contribution >= 0.6 is 0 Å². The van der Waals surface area contributed by atoms with Crippen molar-refractivity contribution in [2.75, 3.05) is 20.1 Å². The molecular weight excluding hydrogens is 212 g/mol. The van der Waals surface area contributed by atoms with Crippen molar-refractivity contribution in [2.24, 2.45) is 7.05 Å². The first kappa shape index (κ1) is 12.6. The molecule has 1 aliphatic rings. The Kier molecular flexibility index (Phi) is 4.18. The van der Waals surface area contributed by atoms with Crippen molar-refractivity contribution in [3.8, 4) is 0 Å². The molecule has 4 nitrogen and oxygen atoms in total. The van der Waals surface area contributed by atoms with Crippen LogP contribution in [0.5, 0.6) is 0 Å². The zero-order valence-corrected chi connectivity index (χ0v) is 11.2. The second kappa shape index (κ2) is 5.65. The summed E-state index contributed by atoms with van der Waals surface area (Å²) in [5.41, 5.74) is 2.59. The molecule has 1 aliphatic heterocycles. The number of hydrogen-bond acceptors (Lipinski definition) is 3. The summed E-state index contributed by atoms with van der Waals surface area (Å²) in [5, 5.41) is 7.95. The van der Waals surface area contributed by atoms with Crippen molar-refractivity contribution in [1.29, 1.82) is 0 Å². The second-order valence-corrected chi connectivity index (χ2v) is 5.19. The molecule has 0 radical (unpaired) electrons. The van der Waals surface area contributed by atoms with Crippen molar-refractivity contribution in [1.82, 2.24) is 20.0 Å². The molecular formula is C13H24N4. The maximum absolute atomic E-state index is 4.28. The molecule has 1 saturated heterocycles. The van der Waals surface area contributed by atoms with E-state index in [2.05, 4.69) is 29.3 Å². The topological polar surface area (TPSA) is 33.1 Å². The molecule has 1 unspecified atom stereocenters. The van der Waals surface area contributed by atoms with E-state index in [4.69, 9.17) is 0 Å². The number of rotatable bonds is 3. The van der Waals surface area contributed by atoms with Crippen LogP contribution in [0.1, 0.15) is 30.5 Å². The summed E-state index contributed by atoms with van der Waals surface area (Å²) in [6, 6.07) is 0.666. The molecule has 1 aromatic rings. The van der Waals surface area contributed by atoms with Crippen LogP contribution in [0.3, 0.4) is 0 Å². The Morgan fingerprint density at radius 2 is 2.18 bits per heavy atom. The minimum Gasteiger partial charge on any atom is -0.310 e. The van der Waals surface area contributed by atoms with E-state index in [-0.39, 0.29) is 0 Å². The van der Waals surface area contributed by atoms with Crippen LogP contribution < -0.4 is 5.32 Å². The minimum absolute atomic E-state index is 0.666. The van der Waals surface area contributed by atoms with Gasteiger partial charge in [0.15, 0.2) is 0 Å². The van der Waals surface area contributed by atoms with Gasteiger partial charge in [-0.25, -0.2) is 0 Å². The van der Waals surface area contributed by atoms with E-state index in [1.165, 1.54) is 43.6 Å². The first-order chi connectivity index (χ1) is 8.16. The van der Waals surface area contributed by atoms with Crippen LogP contribution in [0.4, 0.5) is 0 Å². The Labute approximate surface area is 104 Å². The molecule has 0 bridgehead atoms. The van der Waals surface area contributed by atoms with Gasteiger partial charge in [0.1, 0.15) is 0 Å². The van der Waals surface area contributed by atoms with Crippen LogP contribution in [0.15, 0.2) is 6.20 Å². The molecule has 1 fully saturated rings. The summed E-state index contributed by atoms with van der Waals surface area (Å²) < 4.78 is 1.94. The van der Waals surface area contributed by atoms with Gasteiger partial charge >= 0.3 is 0 Å². The van der Waals surface area contributed by atoms with Crippen LogP contribution in [-0.2, 0) is 13.6 Å². The Hall–Kier alpha value is -0.870.